The molecule has 36 heavy (non-hydrogen) atoms. The zero-order valence-electron chi connectivity index (χ0n) is 20.0. The van der Waals surface area contributed by atoms with E-state index < -0.39 is 12.0 Å². The summed E-state index contributed by atoms with van der Waals surface area (Å²) in [5.74, 6) is 0.0339. The maximum absolute atomic E-state index is 15.6. The lowest BCUT2D eigenvalue weighted by Gasteiger charge is -2.51. The lowest BCUT2D eigenvalue weighted by molar-refractivity contribution is 0.00942. The van der Waals surface area contributed by atoms with Crippen molar-refractivity contribution in [3.63, 3.8) is 0 Å². The first-order valence-electron chi connectivity index (χ1n) is 12.5. The van der Waals surface area contributed by atoms with E-state index in [0.717, 1.165) is 51.1 Å². The van der Waals surface area contributed by atoms with Gasteiger partial charge in [0.15, 0.2) is 23.2 Å². The number of halogens is 2. The van der Waals surface area contributed by atoms with Gasteiger partial charge in [-0.15, -0.1) is 10.2 Å². The molecule has 3 aliphatic rings. The number of anilines is 1. The lowest BCUT2D eigenvalue weighted by atomic mass is 9.60. The molecular weight excluding hydrogens is 464 g/mol. The molecule has 1 N–H and O–H groups in total. The Morgan fingerprint density at radius 1 is 1.22 bits per heavy atom. The van der Waals surface area contributed by atoms with E-state index in [4.69, 9.17) is 5.26 Å². The smallest absolute Gasteiger partial charge is 0.198 e. The first-order chi connectivity index (χ1) is 17.3. The number of phenolic OH excluding ortho intramolecular Hbond substituents is 1. The van der Waals surface area contributed by atoms with E-state index in [1.807, 2.05) is 0 Å². The Labute approximate surface area is 207 Å². The van der Waals surface area contributed by atoms with Crippen LogP contribution in [0.5, 0.6) is 5.75 Å². The van der Waals surface area contributed by atoms with Gasteiger partial charge < -0.3 is 10.0 Å². The molecule has 0 spiro atoms. The summed E-state index contributed by atoms with van der Waals surface area (Å²) in [7, 11) is 0. The summed E-state index contributed by atoms with van der Waals surface area (Å²) < 4.78 is 30.6. The molecule has 3 saturated carbocycles. The largest absolute Gasteiger partial charge is 0.507 e. The number of nitrogens with zero attached hydrogens (tertiary/aromatic N) is 7. The van der Waals surface area contributed by atoms with Crippen molar-refractivity contribution in [3.05, 3.63) is 42.1 Å². The van der Waals surface area contributed by atoms with Crippen molar-refractivity contribution in [2.75, 3.05) is 4.90 Å². The van der Waals surface area contributed by atoms with Crippen molar-refractivity contribution in [2.45, 2.75) is 70.1 Å². The van der Waals surface area contributed by atoms with Crippen molar-refractivity contribution < 1.29 is 13.9 Å². The van der Waals surface area contributed by atoms with Crippen LogP contribution < -0.4 is 4.90 Å². The van der Waals surface area contributed by atoms with E-state index in [9.17, 15) is 9.50 Å². The molecule has 2 bridgehead atoms. The van der Waals surface area contributed by atoms with Crippen LogP contribution in [-0.4, -0.2) is 48.3 Å². The summed E-state index contributed by atoms with van der Waals surface area (Å²) >= 11 is 0. The highest BCUT2D eigenvalue weighted by Gasteiger charge is 2.50. The van der Waals surface area contributed by atoms with E-state index in [2.05, 4.69) is 32.1 Å². The van der Waals surface area contributed by atoms with Crippen LogP contribution in [0.15, 0.2) is 30.6 Å². The summed E-state index contributed by atoms with van der Waals surface area (Å²) in [6.45, 7) is 2.29. The molecule has 3 aliphatic carbocycles. The number of hydrogen-bond donors (Lipinski definition) is 1. The minimum absolute atomic E-state index is 0.104. The van der Waals surface area contributed by atoms with Gasteiger partial charge in [-0.3, -0.25) is 0 Å². The van der Waals surface area contributed by atoms with Crippen LogP contribution in [0.2, 0.25) is 0 Å². The van der Waals surface area contributed by atoms with Gasteiger partial charge in [-0.2, -0.15) is 10.4 Å². The molecule has 4 atom stereocenters. The topological polar surface area (TPSA) is 104 Å². The Hall–Kier alpha value is -3.61. The standard InChI is InChI=1S/C26H27F2N7O/c1-26-8-2-3-15(10-26)24(28)21(11-26)35(16-4-5-16)23-13-30-25(32-31-23)18-7-6-17(9-22(18)36)34-14-19(27)20(12-29)33-34/h6-7,9,13-16,21,24,36H,2-5,8,10-11H2,1H3/t15-,21-,24+,26+/m1/s1. The van der Waals surface area contributed by atoms with Crippen molar-refractivity contribution in [2.24, 2.45) is 11.3 Å². The number of phenols is 1. The molecule has 0 aliphatic heterocycles. The van der Waals surface area contributed by atoms with Gasteiger partial charge in [-0.1, -0.05) is 13.3 Å². The molecule has 0 saturated heterocycles. The fourth-order valence-corrected chi connectivity index (χ4v) is 6.17. The molecular formula is C26H27F2N7O. The van der Waals surface area contributed by atoms with Gasteiger partial charge in [0, 0.05) is 12.1 Å². The minimum Gasteiger partial charge on any atom is -0.507 e. The van der Waals surface area contributed by atoms with Crippen LogP contribution >= 0.6 is 0 Å². The Morgan fingerprint density at radius 2 is 2.06 bits per heavy atom. The predicted octanol–water partition coefficient (Wildman–Crippen LogP) is 4.72. The van der Waals surface area contributed by atoms with Crippen LogP contribution in [0.4, 0.5) is 14.6 Å². The summed E-state index contributed by atoms with van der Waals surface area (Å²) in [6.07, 6.45) is 8.81. The van der Waals surface area contributed by atoms with E-state index >= 15 is 4.39 Å². The average Bonchev–Trinajstić information content (AvgIpc) is 3.63. The number of aromatic nitrogens is 5. The molecule has 186 valence electrons. The van der Waals surface area contributed by atoms with Crippen molar-refractivity contribution >= 4 is 5.82 Å². The molecule has 0 amide bonds. The monoisotopic (exact) mass is 491 g/mol. The Kier molecular flexibility index (Phi) is 5.39. The third kappa shape index (κ3) is 3.96. The fraction of sp³-hybridized carbons (Fsp3) is 0.500. The third-order valence-corrected chi connectivity index (χ3v) is 8.00. The minimum atomic E-state index is -0.884. The number of aromatic hydroxyl groups is 1. The van der Waals surface area contributed by atoms with Crippen LogP contribution in [0.3, 0.4) is 0 Å². The van der Waals surface area contributed by atoms with Crippen LogP contribution in [0.1, 0.15) is 57.6 Å². The summed E-state index contributed by atoms with van der Waals surface area (Å²) in [5.41, 5.74) is 0.579. The molecule has 0 radical (unpaired) electrons. The van der Waals surface area contributed by atoms with E-state index in [1.54, 1.807) is 24.4 Å². The number of fused-ring (bicyclic) bond motifs is 2. The van der Waals surface area contributed by atoms with Crippen molar-refractivity contribution in [1.29, 1.82) is 5.26 Å². The SMILES string of the molecule is C[C@]12CCC[C@H](C1)[C@H](F)[C@H](N(c1cnc(-c3ccc(-n4cc(F)c(C#N)n4)cc3O)nn1)C1CC1)C2. The fourth-order valence-electron chi connectivity index (χ4n) is 6.17. The molecule has 6 rings (SSSR count). The number of nitriles is 1. The second-order valence-corrected chi connectivity index (χ2v) is 10.7. The second kappa shape index (κ2) is 8.50. The number of alkyl halides is 1. The predicted molar refractivity (Wildman–Crippen MR) is 128 cm³/mol. The zero-order valence-corrected chi connectivity index (χ0v) is 20.0. The third-order valence-electron chi connectivity index (χ3n) is 8.00. The van der Waals surface area contributed by atoms with Gasteiger partial charge in [-0.25, -0.2) is 18.4 Å². The zero-order chi connectivity index (χ0) is 25.0. The maximum Gasteiger partial charge on any atom is 0.198 e. The molecule has 1 aromatic carbocycles. The van der Waals surface area contributed by atoms with Crippen LogP contribution in [0.25, 0.3) is 17.1 Å². The lowest BCUT2D eigenvalue weighted by Crippen LogP contribution is -2.54. The summed E-state index contributed by atoms with van der Waals surface area (Å²) in [5, 5.41) is 32.1. The highest BCUT2D eigenvalue weighted by Crippen LogP contribution is 2.52. The highest BCUT2D eigenvalue weighted by atomic mass is 19.1. The molecule has 0 unspecified atom stereocenters. The van der Waals surface area contributed by atoms with E-state index in [0.29, 0.717) is 17.1 Å². The van der Waals surface area contributed by atoms with Gasteiger partial charge in [0.05, 0.1) is 29.7 Å². The van der Waals surface area contributed by atoms with Gasteiger partial charge in [-0.05, 0) is 62.0 Å². The average molecular weight is 492 g/mol. The van der Waals surface area contributed by atoms with Gasteiger partial charge in [0.2, 0.25) is 0 Å². The normalized spacial score (nSPS) is 27.4. The number of benzene rings is 1. The molecule has 3 fully saturated rings. The number of rotatable bonds is 5. The van der Waals surface area contributed by atoms with Gasteiger partial charge in [0.1, 0.15) is 18.0 Å². The molecule has 3 aromatic rings. The molecule has 2 heterocycles. The van der Waals surface area contributed by atoms with Crippen LogP contribution in [0, 0.1) is 28.5 Å². The van der Waals surface area contributed by atoms with Gasteiger partial charge >= 0.3 is 0 Å². The van der Waals surface area contributed by atoms with E-state index in [-0.39, 0.29) is 40.7 Å². The van der Waals surface area contributed by atoms with Gasteiger partial charge in [0.25, 0.3) is 0 Å². The molecule has 8 nitrogen and oxygen atoms in total. The second-order valence-electron chi connectivity index (χ2n) is 10.7. The Balaban J connectivity index is 1.27. The highest BCUT2D eigenvalue weighted by molar-refractivity contribution is 5.66. The summed E-state index contributed by atoms with van der Waals surface area (Å²) in [4.78, 5) is 6.58. The molecule has 2 aromatic heterocycles. The Bertz CT molecular complexity index is 1330. The summed E-state index contributed by atoms with van der Waals surface area (Å²) in [6, 6.07) is 6.32. The van der Waals surface area contributed by atoms with Crippen molar-refractivity contribution in [3.8, 4) is 28.9 Å². The first-order valence-corrected chi connectivity index (χ1v) is 12.5. The quantitative estimate of drug-likeness (QED) is 0.551. The van der Waals surface area contributed by atoms with Crippen LogP contribution in [-0.2, 0) is 0 Å². The van der Waals surface area contributed by atoms with Crippen molar-refractivity contribution in [1.82, 2.24) is 25.0 Å². The molecule has 10 heteroatoms. The first kappa shape index (κ1) is 22.8. The van der Waals surface area contributed by atoms with E-state index in [1.165, 1.54) is 10.7 Å². The number of hydrogen-bond acceptors (Lipinski definition) is 7. The Morgan fingerprint density at radius 3 is 2.72 bits per heavy atom. The maximum atomic E-state index is 15.6.